The predicted molar refractivity (Wildman–Crippen MR) is 89.1 cm³/mol. The highest BCUT2D eigenvalue weighted by Gasteiger charge is 2.42. The van der Waals surface area contributed by atoms with Gasteiger partial charge in [-0.2, -0.15) is 11.3 Å². The number of carbonyl (C=O) groups is 2. The Morgan fingerprint density at radius 3 is 2.70 bits per heavy atom. The molecule has 2 aliphatic heterocycles. The lowest BCUT2D eigenvalue weighted by atomic mass is 9.71. The Hall–Kier alpha value is -1.40. The summed E-state index contributed by atoms with van der Waals surface area (Å²) >= 11 is 1.61. The molecule has 2 saturated heterocycles. The highest BCUT2D eigenvalue weighted by atomic mass is 32.1. The van der Waals surface area contributed by atoms with Crippen LogP contribution in [0.15, 0.2) is 16.8 Å². The van der Waals surface area contributed by atoms with Gasteiger partial charge in [0, 0.05) is 33.1 Å². The Bertz CT molecular complexity index is 564. The van der Waals surface area contributed by atoms with Crippen molar-refractivity contribution < 1.29 is 14.7 Å². The van der Waals surface area contributed by atoms with Crippen molar-refractivity contribution in [3.63, 3.8) is 0 Å². The fraction of sp³-hybridized carbons (Fsp3) is 0.647. The maximum Gasteiger partial charge on any atom is 0.227 e. The smallest absolute Gasteiger partial charge is 0.227 e. The van der Waals surface area contributed by atoms with Crippen molar-refractivity contribution in [2.75, 3.05) is 26.2 Å². The Labute approximate surface area is 140 Å². The monoisotopic (exact) mass is 336 g/mol. The SMILES string of the molecule is CC(=O)N1CC(O)CC2(CCN(C(=O)Cc3ccsc3)CC2)C1. The van der Waals surface area contributed by atoms with E-state index in [1.165, 1.54) is 0 Å². The molecule has 1 N–H and O–H groups in total. The maximum absolute atomic E-state index is 12.4. The molecular weight excluding hydrogens is 312 g/mol. The summed E-state index contributed by atoms with van der Waals surface area (Å²) in [6.07, 6.45) is 2.50. The first-order chi connectivity index (χ1) is 11.0. The molecular formula is C17H24N2O3S. The molecule has 0 aromatic carbocycles. The van der Waals surface area contributed by atoms with Crippen LogP contribution >= 0.6 is 11.3 Å². The van der Waals surface area contributed by atoms with Gasteiger partial charge in [-0.25, -0.2) is 0 Å². The largest absolute Gasteiger partial charge is 0.391 e. The summed E-state index contributed by atoms with van der Waals surface area (Å²) < 4.78 is 0. The van der Waals surface area contributed by atoms with E-state index in [2.05, 4.69) is 0 Å². The molecule has 3 heterocycles. The van der Waals surface area contributed by atoms with Crippen molar-refractivity contribution in [3.05, 3.63) is 22.4 Å². The van der Waals surface area contributed by atoms with Crippen molar-refractivity contribution in [1.82, 2.24) is 9.80 Å². The van der Waals surface area contributed by atoms with Crippen molar-refractivity contribution in [2.45, 2.75) is 38.7 Å². The topological polar surface area (TPSA) is 60.9 Å². The maximum atomic E-state index is 12.4. The van der Waals surface area contributed by atoms with E-state index in [-0.39, 0.29) is 17.2 Å². The minimum Gasteiger partial charge on any atom is -0.391 e. The lowest BCUT2D eigenvalue weighted by molar-refractivity contribution is -0.141. The summed E-state index contributed by atoms with van der Waals surface area (Å²) in [7, 11) is 0. The van der Waals surface area contributed by atoms with Crippen LogP contribution in [0.25, 0.3) is 0 Å². The highest BCUT2D eigenvalue weighted by Crippen LogP contribution is 2.40. The van der Waals surface area contributed by atoms with Gasteiger partial charge in [0.2, 0.25) is 11.8 Å². The second-order valence-electron chi connectivity index (χ2n) is 6.95. The molecule has 1 atom stereocenters. The Balaban J connectivity index is 1.58. The third-order valence-corrected chi connectivity index (χ3v) is 5.92. The van der Waals surface area contributed by atoms with E-state index in [1.807, 2.05) is 21.7 Å². The van der Waals surface area contributed by atoms with Gasteiger partial charge in [0.25, 0.3) is 0 Å². The minimum absolute atomic E-state index is 0.0253. The van der Waals surface area contributed by atoms with Gasteiger partial charge in [-0.1, -0.05) is 0 Å². The van der Waals surface area contributed by atoms with Gasteiger partial charge in [-0.3, -0.25) is 9.59 Å². The van der Waals surface area contributed by atoms with Gasteiger partial charge >= 0.3 is 0 Å². The normalized spacial score (nSPS) is 24.0. The highest BCUT2D eigenvalue weighted by molar-refractivity contribution is 7.07. The third-order valence-electron chi connectivity index (χ3n) is 5.18. The van der Waals surface area contributed by atoms with Gasteiger partial charge < -0.3 is 14.9 Å². The zero-order chi connectivity index (χ0) is 16.4. The Morgan fingerprint density at radius 2 is 2.09 bits per heavy atom. The van der Waals surface area contributed by atoms with E-state index in [0.29, 0.717) is 19.5 Å². The molecule has 0 bridgehead atoms. The van der Waals surface area contributed by atoms with Crippen LogP contribution in [-0.2, 0) is 16.0 Å². The first-order valence-electron chi connectivity index (χ1n) is 8.20. The zero-order valence-corrected chi connectivity index (χ0v) is 14.3. The standard InChI is InChI=1S/C17H24N2O3S/c1-13(20)19-10-15(21)9-17(12-19)3-5-18(6-4-17)16(22)8-14-2-7-23-11-14/h2,7,11,15,21H,3-6,8-10,12H2,1H3. The number of thiophene rings is 1. The summed E-state index contributed by atoms with van der Waals surface area (Å²) in [5.41, 5.74) is 1.05. The number of likely N-dealkylation sites (tertiary alicyclic amines) is 2. The molecule has 5 nitrogen and oxygen atoms in total. The second-order valence-corrected chi connectivity index (χ2v) is 7.73. The molecule has 1 unspecified atom stereocenters. The van der Waals surface area contributed by atoms with Crippen LogP contribution in [-0.4, -0.2) is 59.0 Å². The summed E-state index contributed by atoms with van der Waals surface area (Å²) in [6, 6.07) is 2.00. The fourth-order valence-corrected chi connectivity index (χ4v) is 4.53. The molecule has 0 radical (unpaired) electrons. The molecule has 126 valence electrons. The molecule has 1 spiro atoms. The summed E-state index contributed by atoms with van der Waals surface area (Å²) in [5, 5.41) is 14.1. The van der Waals surface area contributed by atoms with Gasteiger partial charge in [0.15, 0.2) is 0 Å². The number of β-amino-alcohol motifs (C(OH)–C–C–N with tert-alkyl or cyclic N) is 1. The first kappa shape index (κ1) is 16.5. The van der Waals surface area contributed by atoms with E-state index >= 15 is 0 Å². The molecule has 1 aromatic heterocycles. The van der Waals surface area contributed by atoms with Gasteiger partial charge in [-0.05, 0) is 47.1 Å². The third kappa shape index (κ3) is 3.75. The molecule has 0 saturated carbocycles. The number of hydrogen-bond acceptors (Lipinski definition) is 4. The van der Waals surface area contributed by atoms with Crippen LogP contribution in [0.3, 0.4) is 0 Å². The van der Waals surface area contributed by atoms with E-state index in [4.69, 9.17) is 0 Å². The molecule has 6 heteroatoms. The molecule has 3 rings (SSSR count). The number of aliphatic hydroxyl groups excluding tert-OH is 1. The zero-order valence-electron chi connectivity index (χ0n) is 13.5. The summed E-state index contributed by atoms with van der Waals surface area (Å²) in [5.74, 6) is 0.206. The fourth-order valence-electron chi connectivity index (χ4n) is 3.87. The average Bonchev–Trinajstić information content (AvgIpc) is 3.00. The number of amides is 2. The Morgan fingerprint density at radius 1 is 1.35 bits per heavy atom. The quantitative estimate of drug-likeness (QED) is 0.891. The molecule has 2 amide bonds. The minimum atomic E-state index is -0.444. The molecule has 1 aromatic rings. The number of aliphatic hydroxyl groups is 1. The van der Waals surface area contributed by atoms with Crippen molar-refractivity contribution in [1.29, 1.82) is 0 Å². The number of rotatable bonds is 2. The number of carbonyl (C=O) groups excluding carboxylic acids is 2. The van der Waals surface area contributed by atoms with Gasteiger partial charge in [0.1, 0.15) is 0 Å². The summed E-state index contributed by atoms with van der Waals surface area (Å²) in [4.78, 5) is 27.8. The van der Waals surface area contributed by atoms with E-state index < -0.39 is 6.10 Å². The van der Waals surface area contributed by atoms with Crippen molar-refractivity contribution in [3.8, 4) is 0 Å². The van der Waals surface area contributed by atoms with Crippen LogP contribution in [0.2, 0.25) is 0 Å². The van der Waals surface area contributed by atoms with Crippen LogP contribution in [0, 0.1) is 5.41 Å². The molecule has 0 aliphatic carbocycles. The first-order valence-corrected chi connectivity index (χ1v) is 9.14. The molecule has 23 heavy (non-hydrogen) atoms. The van der Waals surface area contributed by atoms with Crippen LogP contribution in [0.5, 0.6) is 0 Å². The van der Waals surface area contributed by atoms with Crippen LogP contribution in [0.1, 0.15) is 31.7 Å². The average molecular weight is 336 g/mol. The number of nitrogens with zero attached hydrogens (tertiary/aromatic N) is 2. The van der Waals surface area contributed by atoms with E-state index in [0.717, 1.165) is 37.9 Å². The van der Waals surface area contributed by atoms with Crippen molar-refractivity contribution >= 4 is 23.2 Å². The lowest BCUT2D eigenvalue weighted by Gasteiger charge is -2.49. The van der Waals surface area contributed by atoms with Gasteiger partial charge in [-0.15, -0.1) is 0 Å². The van der Waals surface area contributed by atoms with Crippen LogP contribution < -0.4 is 0 Å². The number of hydrogen-bond donors (Lipinski definition) is 1. The molecule has 2 fully saturated rings. The Kier molecular flexibility index (Phi) is 4.73. The van der Waals surface area contributed by atoms with E-state index in [1.54, 1.807) is 23.2 Å². The van der Waals surface area contributed by atoms with Crippen molar-refractivity contribution in [2.24, 2.45) is 5.41 Å². The number of piperidine rings is 2. The van der Waals surface area contributed by atoms with Gasteiger partial charge in [0.05, 0.1) is 12.5 Å². The lowest BCUT2D eigenvalue weighted by Crippen LogP contribution is -2.55. The van der Waals surface area contributed by atoms with Crippen LogP contribution in [0.4, 0.5) is 0 Å². The second kappa shape index (κ2) is 6.61. The predicted octanol–water partition coefficient (Wildman–Crippen LogP) is 1.51. The van der Waals surface area contributed by atoms with E-state index in [9.17, 15) is 14.7 Å². The molecule has 2 aliphatic rings. The summed E-state index contributed by atoms with van der Waals surface area (Å²) in [6.45, 7) is 4.16.